The lowest BCUT2D eigenvalue weighted by Gasteiger charge is -2.37. The van der Waals surface area contributed by atoms with E-state index in [9.17, 15) is 9.59 Å². The Morgan fingerprint density at radius 1 is 1.58 bits per heavy atom. The zero-order chi connectivity index (χ0) is 13.7. The Bertz CT molecular complexity index is 335. The van der Waals surface area contributed by atoms with Gasteiger partial charge in [0.25, 0.3) is 0 Å². The molecule has 0 aliphatic carbocycles. The molecule has 0 radical (unpaired) electrons. The standard InChI is InChI=1S/C13H22N2O4/c1-18-13(17)8-11-9-15(5-6-19-11)10-3-2-4-14-12(16)7-10/h10-11H,2-9H2,1H3,(H,14,16). The van der Waals surface area contributed by atoms with E-state index in [-0.39, 0.29) is 30.4 Å². The van der Waals surface area contributed by atoms with Crippen LogP contribution in [0.5, 0.6) is 0 Å². The maximum absolute atomic E-state index is 11.6. The molecule has 0 saturated carbocycles. The van der Waals surface area contributed by atoms with Gasteiger partial charge >= 0.3 is 5.97 Å². The summed E-state index contributed by atoms with van der Waals surface area (Å²) in [6.07, 6.45) is 2.74. The highest BCUT2D eigenvalue weighted by atomic mass is 16.5. The normalized spacial score (nSPS) is 29.4. The first-order chi connectivity index (χ1) is 9.19. The van der Waals surface area contributed by atoms with Gasteiger partial charge in [-0.15, -0.1) is 0 Å². The number of carbonyl (C=O) groups is 2. The summed E-state index contributed by atoms with van der Waals surface area (Å²) in [5.74, 6) is -0.121. The van der Waals surface area contributed by atoms with Gasteiger partial charge in [-0.2, -0.15) is 0 Å². The van der Waals surface area contributed by atoms with Crippen molar-refractivity contribution in [3.05, 3.63) is 0 Å². The van der Waals surface area contributed by atoms with E-state index in [0.29, 0.717) is 19.6 Å². The third-order valence-electron chi connectivity index (χ3n) is 3.77. The maximum atomic E-state index is 11.6. The predicted molar refractivity (Wildman–Crippen MR) is 68.6 cm³/mol. The Kier molecular flexibility index (Phi) is 5.15. The summed E-state index contributed by atoms with van der Waals surface area (Å²) in [6.45, 7) is 2.91. The van der Waals surface area contributed by atoms with E-state index in [0.717, 1.165) is 25.9 Å². The van der Waals surface area contributed by atoms with Crippen LogP contribution in [0.25, 0.3) is 0 Å². The van der Waals surface area contributed by atoms with E-state index in [2.05, 4.69) is 15.0 Å². The molecule has 2 heterocycles. The van der Waals surface area contributed by atoms with E-state index >= 15 is 0 Å². The van der Waals surface area contributed by atoms with Gasteiger partial charge in [0.05, 0.1) is 26.2 Å². The highest BCUT2D eigenvalue weighted by Gasteiger charge is 2.29. The molecular formula is C13H22N2O4. The van der Waals surface area contributed by atoms with Crippen LogP contribution in [-0.2, 0) is 19.1 Å². The number of nitrogens with one attached hydrogen (secondary N) is 1. The second kappa shape index (κ2) is 6.86. The van der Waals surface area contributed by atoms with Crippen molar-refractivity contribution in [2.24, 2.45) is 0 Å². The average Bonchev–Trinajstić information content (AvgIpc) is 2.63. The first-order valence-electron chi connectivity index (χ1n) is 6.88. The van der Waals surface area contributed by atoms with Crippen LogP contribution >= 0.6 is 0 Å². The molecule has 108 valence electrons. The highest BCUT2D eigenvalue weighted by molar-refractivity contribution is 5.76. The second-order valence-electron chi connectivity index (χ2n) is 5.12. The van der Waals surface area contributed by atoms with Crippen LogP contribution in [0.4, 0.5) is 0 Å². The van der Waals surface area contributed by atoms with Crippen molar-refractivity contribution >= 4 is 11.9 Å². The summed E-state index contributed by atoms with van der Waals surface area (Å²) in [4.78, 5) is 25.2. The monoisotopic (exact) mass is 270 g/mol. The van der Waals surface area contributed by atoms with E-state index in [1.54, 1.807) is 0 Å². The number of morpholine rings is 1. The SMILES string of the molecule is COC(=O)CC1CN(C2CCCNC(=O)C2)CCO1. The summed E-state index contributed by atoms with van der Waals surface area (Å²) < 4.78 is 10.3. The molecule has 1 amide bonds. The zero-order valence-electron chi connectivity index (χ0n) is 11.4. The average molecular weight is 270 g/mol. The molecule has 19 heavy (non-hydrogen) atoms. The highest BCUT2D eigenvalue weighted by Crippen LogP contribution is 2.18. The van der Waals surface area contributed by atoms with Crippen LogP contribution in [0.15, 0.2) is 0 Å². The minimum Gasteiger partial charge on any atom is -0.469 e. The van der Waals surface area contributed by atoms with Crippen LogP contribution in [0, 0.1) is 0 Å². The molecule has 6 heteroatoms. The molecule has 2 unspecified atom stereocenters. The van der Waals surface area contributed by atoms with Crippen LogP contribution in [0.1, 0.15) is 25.7 Å². The van der Waals surface area contributed by atoms with Crippen LogP contribution < -0.4 is 5.32 Å². The Hall–Kier alpha value is -1.14. The fourth-order valence-electron chi connectivity index (χ4n) is 2.73. The zero-order valence-corrected chi connectivity index (χ0v) is 11.4. The van der Waals surface area contributed by atoms with Crippen LogP contribution in [0.2, 0.25) is 0 Å². The second-order valence-corrected chi connectivity index (χ2v) is 5.12. The third-order valence-corrected chi connectivity index (χ3v) is 3.77. The van der Waals surface area contributed by atoms with Crippen molar-refractivity contribution in [3.63, 3.8) is 0 Å². The van der Waals surface area contributed by atoms with Crippen molar-refractivity contribution in [3.8, 4) is 0 Å². The van der Waals surface area contributed by atoms with Gasteiger partial charge in [0, 0.05) is 32.1 Å². The molecule has 0 aromatic rings. The summed E-state index contributed by atoms with van der Waals surface area (Å²) in [7, 11) is 1.39. The van der Waals surface area contributed by atoms with Gasteiger partial charge in [-0.1, -0.05) is 0 Å². The molecule has 0 aromatic heterocycles. The first-order valence-corrected chi connectivity index (χ1v) is 6.88. The van der Waals surface area contributed by atoms with Crippen LogP contribution in [0.3, 0.4) is 0 Å². The van der Waals surface area contributed by atoms with Crippen molar-refractivity contribution in [1.82, 2.24) is 10.2 Å². The Labute approximate surface area is 113 Å². The summed E-state index contributed by atoms with van der Waals surface area (Å²) >= 11 is 0. The van der Waals surface area contributed by atoms with Crippen molar-refractivity contribution < 1.29 is 19.1 Å². The number of amides is 1. The van der Waals surface area contributed by atoms with Gasteiger partial charge in [0.15, 0.2) is 0 Å². The first kappa shape index (κ1) is 14.3. The smallest absolute Gasteiger partial charge is 0.308 e. The van der Waals surface area contributed by atoms with Gasteiger partial charge in [0.1, 0.15) is 0 Å². The molecule has 0 spiro atoms. The molecule has 2 saturated heterocycles. The lowest BCUT2D eigenvalue weighted by atomic mass is 10.1. The van der Waals surface area contributed by atoms with E-state index < -0.39 is 0 Å². The largest absolute Gasteiger partial charge is 0.469 e. The number of hydrogen-bond donors (Lipinski definition) is 1. The number of ether oxygens (including phenoxy) is 2. The van der Waals surface area contributed by atoms with Crippen molar-refractivity contribution in [1.29, 1.82) is 0 Å². The van der Waals surface area contributed by atoms with Gasteiger partial charge in [-0.05, 0) is 12.8 Å². The quantitative estimate of drug-likeness (QED) is 0.727. The maximum Gasteiger partial charge on any atom is 0.308 e. The molecule has 2 atom stereocenters. The molecule has 6 nitrogen and oxygen atoms in total. The van der Waals surface area contributed by atoms with Gasteiger partial charge < -0.3 is 14.8 Å². The number of nitrogens with zero attached hydrogens (tertiary/aromatic N) is 1. The fraction of sp³-hybridized carbons (Fsp3) is 0.846. The molecule has 0 bridgehead atoms. The van der Waals surface area contributed by atoms with Gasteiger partial charge in [-0.3, -0.25) is 14.5 Å². The minimum absolute atomic E-state index is 0.118. The summed E-state index contributed by atoms with van der Waals surface area (Å²) in [5, 5.41) is 2.90. The molecular weight excluding hydrogens is 248 g/mol. The molecule has 1 N–H and O–H groups in total. The number of carbonyl (C=O) groups excluding carboxylic acids is 2. The van der Waals surface area contributed by atoms with E-state index in [4.69, 9.17) is 4.74 Å². The van der Waals surface area contributed by atoms with Crippen molar-refractivity contribution in [2.75, 3.05) is 33.4 Å². The molecule has 2 rings (SSSR count). The Balaban J connectivity index is 1.88. The lowest BCUT2D eigenvalue weighted by molar-refractivity contribution is -0.146. The predicted octanol–water partition coefficient (Wildman–Crippen LogP) is -0.0810. The topological polar surface area (TPSA) is 67.9 Å². The Morgan fingerprint density at radius 3 is 3.21 bits per heavy atom. The lowest BCUT2D eigenvalue weighted by Crippen LogP contribution is -2.49. The third kappa shape index (κ3) is 4.18. The Morgan fingerprint density at radius 2 is 2.42 bits per heavy atom. The summed E-state index contributed by atoms with van der Waals surface area (Å²) in [5.41, 5.74) is 0. The molecule has 0 aromatic carbocycles. The molecule has 2 aliphatic rings. The van der Waals surface area contributed by atoms with E-state index in [1.165, 1.54) is 7.11 Å². The summed E-state index contributed by atoms with van der Waals surface area (Å²) in [6, 6.07) is 0.270. The fourth-order valence-corrected chi connectivity index (χ4v) is 2.73. The molecule has 2 fully saturated rings. The minimum atomic E-state index is -0.245. The number of methoxy groups -OCH3 is 1. The van der Waals surface area contributed by atoms with Gasteiger partial charge in [-0.25, -0.2) is 0 Å². The van der Waals surface area contributed by atoms with Crippen LogP contribution in [-0.4, -0.2) is 62.3 Å². The number of hydrogen-bond acceptors (Lipinski definition) is 5. The molecule has 2 aliphatic heterocycles. The van der Waals surface area contributed by atoms with Gasteiger partial charge in [0.2, 0.25) is 5.91 Å². The number of esters is 1. The van der Waals surface area contributed by atoms with E-state index in [1.807, 2.05) is 0 Å². The number of rotatable bonds is 3. The van der Waals surface area contributed by atoms with Crippen molar-refractivity contribution in [2.45, 2.75) is 37.8 Å².